The Bertz CT molecular complexity index is 69.4. The SMILES string of the molecule is CC(CO)SCC(O)CO. The Kier molecular flexibility index (Phi) is 6.11. The zero-order chi connectivity index (χ0) is 7.98. The average molecular weight is 166 g/mol. The first-order valence-corrected chi connectivity index (χ1v) is 4.27. The minimum absolute atomic E-state index is 0.114. The van der Waals surface area contributed by atoms with Crippen LogP contribution >= 0.6 is 11.8 Å². The van der Waals surface area contributed by atoms with Gasteiger partial charge in [-0.2, -0.15) is 11.8 Å². The zero-order valence-electron chi connectivity index (χ0n) is 6.03. The molecule has 0 aromatic rings. The molecule has 0 radical (unpaired) electrons. The van der Waals surface area contributed by atoms with Crippen molar-refractivity contribution in [3.8, 4) is 0 Å². The Balaban J connectivity index is 3.17. The van der Waals surface area contributed by atoms with Gasteiger partial charge in [-0.3, -0.25) is 0 Å². The van der Waals surface area contributed by atoms with E-state index in [9.17, 15) is 0 Å². The van der Waals surface area contributed by atoms with E-state index in [1.54, 1.807) is 0 Å². The molecule has 0 aromatic heterocycles. The van der Waals surface area contributed by atoms with Crippen molar-refractivity contribution < 1.29 is 15.3 Å². The van der Waals surface area contributed by atoms with Crippen LogP contribution in [0, 0.1) is 0 Å². The molecule has 0 spiro atoms. The van der Waals surface area contributed by atoms with Gasteiger partial charge in [0.25, 0.3) is 0 Å². The van der Waals surface area contributed by atoms with Crippen LogP contribution in [0.4, 0.5) is 0 Å². The minimum Gasteiger partial charge on any atom is -0.395 e. The van der Waals surface area contributed by atoms with Gasteiger partial charge in [0.2, 0.25) is 0 Å². The average Bonchev–Trinajstić information content (AvgIpc) is 1.99. The third-order valence-electron chi connectivity index (χ3n) is 1.04. The van der Waals surface area contributed by atoms with E-state index in [1.165, 1.54) is 11.8 Å². The van der Waals surface area contributed by atoms with Crippen LogP contribution in [0.5, 0.6) is 0 Å². The summed E-state index contributed by atoms with van der Waals surface area (Å²) in [6.07, 6.45) is -0.654. The molecule has 2 unspecified atom stereocenters. The van der Waals surface area contributed by atoms with Gasteiger partial charge in [0.05, 0.1) is 19.3 Å². The van der Waals surface area contributed by atoms with Crippen molar-refractivity contribution in [2.75, 3.05) is 19.0 Å². The molecule has 3 N–H and O–H groups in total. The highest BCUT2D eigenvalue weighted by atomic mass is 32.2. The fourth-order valence-electron chi connectivity index (χ4n) is 0.381. The maximum Gasteiger partial charge on any atom is 0.0861 e. The Morgan fingerprint density at radius 3 is 2.30 bits per heavy atom. The van der Waals surface area contributed by atoms with Gasteiger partial charge in [-0.25, -0.2) is 0 Å². The topological polar surface area (TPSA) is 60.7 Å². The standard InChI is InChI=1S/C6H14O3S/c1-5(2-7)10-4-6(9)3-8/h5-9H,2-4H2,1H3. The summed E-state index contributed by atoms with van der Waals surface area (Å²) in [6, 6.07) is 0. The van der Waals surface area contributed by atoms with Crippen molar-refractivity contribution in [2.24, 2.45) is 0 Å². The van der Waals surface area contributed by atoms with Crippen LogP contribution < -0.4 is 0 Å². The Morgan fingerprint density at radius 1 is 1.30 bits per heavy atom. The number of aliphatic hydroxyl groups is 3. The van der Waals surface area contributed by atoms with Gasteiger partial charge in [-0.1, -0.05) is 6.92 Å². The molecular weight excluding hydrogens is 152 g/mol. The van der Waals surface area contributed by atoms with Crippen LogP contribution in [0.1, 0.15) is 6.92 Å². The molecule has 10 heavy (non-hydrogen) atoms. The predicted octanol–water partition coefficient (Wildman–Crippen LogP) is -0.546. The lowest BCUT2D eigenvalue weighted by Crippen LogP contribution is -2.17. The van der Waals surface area contributed by atoms with Gasteiger partial charge in [0.15, 0.2) is 0 Å². The van der Waals surface area contributed by atoms with Crippen LogP contribution in [-0.4, -0.2) is 45.6 Å². The van der Waals surface area contributed by atoms with Gasteiger partial charge < -0.3 is 15.3 Å². The Hall–Kier alpha value is 0.230. The van der Waals surface area contributed by atoms with Crippen molar-refractivity contribution in [3.05, 3.63) is 0 Å². The molecule has 3 nitrogen and oxygen atoms in total. The van der Waals surface area contributed by atoms with E-state index in [2.05, 4.69) is 0 Å². The highest BCUT2D eigenvalue weighted by Gasteiger charge is 2.05. The normalized spacial score (nSPS) is 16.8. The number of thioether (sulfide) groups is 1. The lowest BCUT2D eigenvalue weighted by Gasteiger charge is -2.09. The highest BCUT2D eigenvalue weighted by Crippen LogP contribution is 2.10. The van der Waals surface area contributed by atoms with E-state index >= 15 is 0 Å². The van der Waals surface area contributed by atoms with Crippen molar-refractivity contribution in [1.29, 1.82) is 0 Å². The summed E-state index contributed by atoms with van der Waals surface area (Å²) >= 11 is 1.45. The molecule has 0 rings (SSSR count). The van der Waals surface area contributed by atoms with Crippen molar-refractivity contribution in [1.82, 2.24) is 0 Å². The molecule has 0 amide bonds. The van der Waals surface area contributed by atoms with E-state index in [0.29, 0.717) is 5.75 Å². The molecule has 0 aliphatic rings. The van der Waals surface area contributed by atoms with E-state index in [1.807, 2.05) is 6.92 Å². The molecule has 0 saturated carbocycles. The minimum atomic E-state index is -0.654. The van der Waals surface area contributed by atoms with Crippen LogP contribution in [-0.2, 0) is 0 Å². The number of hydrogen-bond acceptors (Lipinski definition) is 4. The quantitative estimate of drug-likeness (QED) is 0.513. The van der Waals surface area contributed by atoms with E-state index < -0.39 is 6.10 Å². The molecule has 0 fully saturated rings. The number of rotatable bonds is 5. The molecule has 0 aromatic carbocycles. The molecule has 0 bridgehead atoms. The second-order valence-electron chi connectivity index (χ2n) is 2.16. The number of aliphatic hydroxyl groups excluding tert-OH is 3. The first-order chi connectivity index (χ1) is 4.70. The maximum absolute atomic E-state index is 8.85. The zero-order valence-corrected chi connectivity index (χ0v) is 6.84. The third kappa shape index (κ3) is 5.05. The maximum atomic E-state index is 8.85. The van der Waals surface area contributed by atoms with Crippen LogP contribution in [0.3, 0.4) is 0 Å². The molecule has 62 valence electrons. The smallest absolute Gasteiger partial charge is 0.0861 e. The van der Waals surface area contributed by atoms with Crippen molar-refractivity contribution >= 4 is 11.8 Å². The van der Waals surface area contributed by atoms with Crippen LogP contribution in [0.2, 0.25) is 0 Å². The van der Waals surface area contributed by atoms with Gasteiger partial charge in [0, 0.05) is 11.0 Å². The third-order valence-corrected chi connectivity index (χ3v) is 2.34. The monoisotopic (exact) mass is 166 g/mol. The molecular formula is C6H14O3S. The van der Waals surface area contributed by atoms with Gasteiger partial charge in [-0.15, -0.1) is 0 Å². The summed E-state index contributed by atoms with van der Waals surface area (Å²) in [7, 11) is 0. The molecule has 2 atom stereocenters. The van der Waals surface area contributed by atoms with E-state index in [4.69, 9.17) is 15.3 Å². The highest BCUT2D eigenvalue weighted by molar-refractivity contribution is 7.99. The first kappa shape index (κ1) is 10.2. The lowest BCUT2D eigenvalue weighted by molar-refractivity contribution is 0.113. The van der Waals surface area contributed by atoms with Gasteiger partial charge in [0.1, 0.15) is 0 Å². The Labute approximate surface area is 65.1 Å². The summed E-state index contributed by atoms with van der Waals surface area (Å²) < 4.78 is 0. The second-order valence-corrected chi connectivity index (χ2v) is 3.63. The number of hydrogen-bond donors (Lipinski definition) is 3. The fourth-order valence-corrected chi connectivity index (χ4v) is 1.14. The summed E-state index contributed by atoms with van der Waals surface area (Å²) in [5.74, 6) is 0.484. The lowest BCUT2D eigenvalue weighted by atomic mass is 10.4. The molecule has 4 heteroatoms. The molecule has 0 saturated heterocycles. The largest absolute Gasteiger partial charge is 0.395 e. The predicted molar refractivity (Wildman–Crippen MR) is 42.1 cm³/mol. The Morgan fingerprint density at radius 2 is 1.90 bits per heavy atom. The molecule has 0 aliphatic carbocycles. The summed E-state index contributed by atoms with van der Waals surface area (Å²) in [6.45, 7) is 1.78. The van der Waals surface area contributed by atoms with Crippen LogP contribution in [0.15, 0.2) is 0 Å². The summed E-state index contributed by atoms with van der Waals surface area (Å²) in [5.41, 5.74) is 0. The van der Waals surface area contributed by atoms with Gasteiger partial charge >= 0.3 is 0 Å². The molecule has 0 heterocycles. The summed E-state index contributed by atoms with van der Waals surface area (Å²) in [4.78, 5) is 0. The first-order valence-electron chi connectivity index (χ1n) is 3.22. The molecule has 0 aliphatic heterocycles. The fraction of sp³-hybridized carbons (Fsp3) is 1.00. The van der Waals surface area contributed by atoms with Crippen LogP contribution in [0.25, 0.3) is 0 Å². The van der Waals surface area contributed by atoms with Crippen molar-refractivity contribution in [3.63, 3.8) is 0 Å². The van der Waals surface area contributed by atoms with E-state index in [-0.39, 0.29) is 18.5 Å². The van der Waals surface area contributed by atoms with E-state index in [0.717, 1.165) is 0 Å². The summed E-state index contributed by atoms with van der Waals surface area (Å²) in [5, 5.41) is 25.9. The van der Waals surface area contributed by atoms with Crippen molar-refractivity contribution in [2.45, 2.75) is 18.3 Å². The van der Waals surface area contributed by atoms with Gasteiger partial charge in [-0.05, 0) is 0 Å². The second kappa shape index (κ2) is 5.97.